The monoisotopic (exact) mass is 383 g/mol. The number of rotatable bonds is 4. The van der Waals surface area contributed by atoms with E-state index in [4.69, 9.17) is 16.6 Å². The molecule has 0 radical (unpaired) electrons. The number of nitrogens with zero attached hydrogens (tertiary/aromatic N) is 3. The summed E-state index contributed by atoms with van der Waals surface area (Å²) in [4.78, 5) is 32.1. The topological polar surface area (TPSA) is 55.2 Å². The van der Waals surface area contributed by atoms with E-state index in [1.807, 2.05) is 39.0 Å². The molecule has 0 fully saturated rings. The number of fused-ring (bicyclic) bond motifs is 1. The van der Waals surface area contributed by atoms with Crippen molar-refractivity contribution in [2.45, 2.75) is 26.8 Å². The third-order valence-corrected chi connectivity index (χ3v) is 4.93. The van der Waals surface area contributed by atoms with Crippen molar-refractivity contribution in [1.82, 2.24) is 14.5 Å². The fourth-order valence-electron chi connectivity index (χ4n) is 3.04. The number of aromatic nitrogens is 2. The molecule has 1 heterocycles. The van der Waals surface area contributed by atoms with Gasteiger partial charge in [0.15, 0.2) is 0 Å². The minimum absolute atomic E-state index is 0.00689. The van der Waals surface area contributed by atoms with Crippen molar-refractivity contribution >= 4 is 28.4 Å². The van der Waals surface area contributed by atoms with Crippen LogP contribution >= 0.6 is 11.6 Å². The number of para-hydroxylation sites is 1. The smallest absolute Gasteiger partial charge is 0.266 e. The van der Waals surface area contributed by atoms with Gasteiger partial charge in [0.2, 0.25) is 5.91 Å². The first-order chi connectivity index (χ1) is 12.8. The van der Waals surface area contributed by atoms with Gasteiger partial charge in [-0.25, -0.2) is 4.98 Å². The molecule has 1 amide bonds. The molecule has 1 aromatic heterocycles. The Labute approximate surface area is 163 Å². The predicted octanol–water partition coefficient (Wildman–Crippen LogP) is 4.21. The summed E-state index contributed by atoms with van der Waals surface area (Å²) in [6, 6.07) is 13.9. The van der Waals surface area contributed by atoms with Crippen LogP contribution in [0.2, 0.25) is 5.02 Å². The molecule has 140 valence electrons. The molecule has 6 heteroatoms. The lowest BCUT2D eigenvalue weighted by Gasteiger charge is -2.28. The second-order valence-corrected chi connectivity index (χ2v) is 7.32. The van der Waals surface area contributed by atoms with E-state index in [9.17, 15) is 9.59 Å². The minimum Gasteiger partial charge on any atom is -0.336 e. The van der Waals surface area contributed by atoms with Crippen LogP contribution in [-0.2, 0) is 4.79 Å². The summed E-state index contributed by atoms with van der Waals surface area (Å²) < 4.78 is 1.56. The van der Waals surface area contributed by atoms with Crippen molar-refractivity contribution in [3.63, 3.8) is 0 Å². The van der Waals surface area contributed by atoms with Gasteiger partial charge in [-0.3, -0.25) is 14.2 Å². The molecule has 0 saturated heterocycles. The first-order valence-electron chi connectivity index (χ1n) is 8.85. The fourth-order valence-corrected chi connectivity index (χ4v) is 3.17. The predicted molar refractivity (Wildman–Crippen MR) is 108 cm³/mol. The molecule has 2 aromatic carbocycles. The summed E-state index contributed by atoms with van der Waals surface area (Å²) in [6.45, 7) is 5.58. The molecule has 0 bridgehead atoms. The normalized spacial score (nSPS) is 12.4. The molecular weight excluding hydrogens is 362 g/mol. The zero-order valence-electron chi connectivity index (χ0n) is 15.8. The van der Waals surface area contributed by atoms with Gasteiger partial charge in [0.05, 0.1) is 22.6 Å². The highest BCUT2D eigenvalue weighted by atomic mass is 35.5. The van der Waals surface area contributed by atoms with Gasteiger partial charge >= 0.3 is 0 Å². The van der Waals surface area contributed by atoms with Crippen molar-refractivity contribution in [2.75, 3.05) is 7.05 Å². The van der Waals surface area contributed by atoms with Gasteiger partial charge in [0.1, 0.15) is 5.82 Å². The van der Waals surface area contributed by atoms with E-state index >= 15 is 0 Å². The highest BCUT2D eigenvalue weighted by Crippen LogP contribution is 2.23. The van der Waals surface area contributed by atoms with Crippen LogP contribution in [0.1, 0.15) is 32.6 Å². The molecule has 0 aliphatic carbocycles. The van der Waals surface area contributed by atoms with Crippen molar-refractivity contribution in [1.29, 1.82) is 0 Å². The highest BCUT2D eigenvalue weighted by Gasteiger charge is 2.25. The van der Waals surface area contributed by atoms with Crippen LogP contribution < -0.4 is 5.56 Å². The zero-order chi connectivity index (χ0) is 19.7. The Balaban J connectivity index is 2.27. The van der Waals surface area contributed by atoms with Gasteiger partial charge in [-0.2, -0.15) is 0 Å². The van der Waals surface area contributed by atoms with E-state index in [2.05, 4.69) is 0 Å². The van der Waals surface area contributed by atoms with Crippen LogP contribution in [0.4, 0.5) is 0 Å². The maximum absolute atomic E-state index is 13.3. The molecule has 0 spiro atoms. The van der Waals surface area contributed by atoms with Crippen LogP contribution in [0.15, 0.2) is 53.3 Å². The van der Waals surface area contributed by atoms with Crippen molar-refractivity contribution in [2.24, 2.45) is 5.92 Å². The van der Waals surface area contributed by atoms with E-state index < -0.39 is 0 Å². The van der Waals surface area contributed by atoms with Crippen LogP contribution in [0.5, 0.6) is 0 Å². The number of halogens is 1. The van der Waals surface area contributed by atoms with Gasteiger partial charge in [0.25, 0.3) is 5.56 Å². The van der Waals surface area contributed by atoms with Gasteiger partial charge < -0.3 is 4.90 Å². The van der Waals surface area contributed by atoms with Crippen LogP contribution in [0, 0.1) is 5.92 Å². The van der Waals surface area contributed by atoms with Crippen molar-refractivity contribution in [3.05, 3.63) is 69.7 Å². The Bertz CT molecular complexity index is 1040. The van der Waals surface area contributed by atoms with Gasteiger partial charge in [-0.1, -0.05) is 37.6 Å². The number of hydrogen-bond acceptors (Lipinski definition) is 3. The summed E-state index contributed by atoms with van der Waals surface area (Å²) in [6.07, 6.45) is 0. The van der Waals surface area contributed by atoms with Gasteiger partial charge in [-0.15, -0.1) is 0 Å². The summed E-state index contributed by atoms with van der Waals surface area (Å²) in [5.74, 6) is 0.360. The molecule has 0 saturated carbocycles. The maximum atomic E-state index is 13.3. The maximum Gasteiger partial charge on any atom is 0.266 e. The lowest BCUT2D eigenvalue weighted by Crippen LogP contribution is -2.36. The third kappa shape index (κ3) is 3.60. The van der Waals surface area contributed by atoms with Gasteiger partial charge in [0, 0.05) is 18.0 Å². The summed E-state index contributed by atoms with van der Waals surface area (Å²) >= 11 is 6.01. The standard InChI is InChI=1S/C21H22ClN3O2/c1-13(2)20(26)24(4)14(3)19-23-18-8-6-5-7-17(18)21(27)25(19)16-11-9-15(22)10-12-16/h5-14H,1-4H3. The lowest BCUT2D eigenvalue weighted by molar-refractivity contribution is -0.135. The molecule has 3 rings (SSSR count). The molecule has 3 aromatic rings. The summed E-state index contributed by atoms with van der Waals surface area (Å²) in [7, 11) is 1.74. The SMILES string of the molecule is CC(C)C(=O)N(C)C(C)c1nc2ccccc2c(=O)n1-c1ccc(Cl)cc1. The Morgan fingerprint density at radius 2 is 1.70 bits per heavy atom. The van der Waals surface area contributed by atoms with Crippen LogP contribution in [0.25, 0.3) is 16.6 Å². The zero-order valence-corrected chi connectivity index (χ0v) is 16.6. The van der Waals surface area contributed by atoms with Crippen LogP contribution in [0.3, 0.4) is 0 Å². The van der Waals surface area contributed by atoms with E-state index in [0.29, 0.717) is 27.4 Å². The van der Waals surface area contributed by atoms with Gasteiger partial charge in [-0.05, 0) is 43.3 Å². The Morgan fingerprint density at radius 3 is 2.33 bits per heavy atom. The molecule has 1 atom stereocenters. The molecule has 27 heavy (non-hydrogen) atoms. The molecule has 0 N–H and O–H groups in total. The second-order valence-electron chi connectivity index (χ2n) is 6.88. The first-order valence-corrected chi connectivity index (χ1v) is 9.23. The molecule has 0 aliphatic rings. The molecule has 0 aliphatic heterocycles. The van der Waals surface area contributed by atoms with E-state index in [-0.39, 0.29) is 23.4 Å². The summed E-state index contributed by atoms with van der Waals surface area (Å²) in [5.41, 5.74) is 1.10. The second kappa shape index (κ2) is 7.53. The highest BCUT2D eigenvalue weighted by molar-refractivity contribution is 6.30. The number of carbonyl (C=O) groups excluding carboxylic acids is 1. The Hall–Kier alpha value is -2.66. The third-order valence-electron chi connectivity index (χ3n) is 4.68. The van der Waals surface area contributed by atoms with E-state index in [1.54, 1.807) is 46.8 Å². The van der Waals surface area contributed by atoms with Crippen LogP contribution in [-0.4, -0.2) is 27.4 Å². The Kier molecular flexibility index (Phi) is 5.33. The molecule has 1 unspecified atom stereocenters. The van der Waals surface area contributed by atoms with E-state index in [1.165, 1.54) is 0 Å². The minimum atomic E-state index is -0.382. The fraction of sp³-hybridized carbons (Fsp3) is 0.286. The first kappa shape index (κ1) is 19.1. The van der Waals surface area contributed by atoms with Crippen molar-refractivity contribution < 1.29 is 4.79 Å². The largest absolute Gasteiger partial charge is 0.336 e. The number of hydrogen-bond donors (Lipinski definition) is 0. The molecular formula is C21H22ClN3O2. The average molecular weight is 384 g/mol. The quantitative estimate of drug-likeness (QED) is 0.678. The number of benzene rings is 2. The van der Waals surface area contributed by atoms with E-state index in [0.717, 1.165) is 0 Å². The summed E-state index contributed by atoms with van der Waals surface area (Å²) in [5, 5.41) is 1.11. The lowest BCUT2D eigenvalue weighted by atomic mass is 10.1. The van der Waals surface area contributed by atoms with Crippen molar-refractivity contribution in [3.8, 4) is 5.69 Å². The molecule has 5 nitrogen and oxygen atoms in total. The average Bonchev–Trinajstić information content (AvgIpc) is 2.67. The number of carbonyl (C=O) groups is 1. The Morgan fingerprint density at radius 1 is 1.07 bits per heavy atom. The number of amides is 1.